The first kappa shape index (κ1) is 4.13. The van der Waals surface area contributed by atoms with Crippen molar-refractivity contribution in [3.8, 4) is 0 Å². The molecule has 1 atom stereocenters. The van der Waals surface area contributed by atoms with Crippen LogP contribution in [0.5, 0.6) is 0 Å². The highest BCUT2D eigenvalue weighted by Gasteiger charge is 2.17. The Bertz CT molecular complexity index is 39.2. The Morgan fingerprint density at radius 1 is 1.83 bits per heavy atom. The van der Waals surface area contributed by atoms with Crippen LogP contribution in [0.1, 0.15) is 12.8 Å². The average Bonchev–Trinajstić information content (AvgIpc) is 2.21. The molecule has 1 N–H and O–H groups in total. The first-order valence-corrected chi connectivity index (χ1v) is 2.46. The van der Waals surface area contributed by atoms with Gasteiger partial charge in [0.05, 0.1) is 0 Å². The van der Waals surface area contributed by atoms with Crippen LogP contribution in [0.25, 0.3) is 0 Å². The molecule has 0 saturated carbocycles. The molecule has 0 spiro atoms. The van der Waals surface area contributed by atoms with Crippen LogP contribution < -0.4 is 5.32 Å². The standard InChI is InChI=1S/C5H10N/c1-2-3-5-4-6-5/h5-6H,1-4H2. The maximum atomic E-state index is 3.73. The molecule has 1 aliphatic heterocycles. The lowest BCUT2D eigenvalue weighted by Crippen LogP contribution is -1.85. The monoisotopic (exact) mass is 84.1 g/mol. The Kier molecular flexibility index (Phi) is 1.10. The fourth-order valence-electron chi connectivity index (χ4n) is 0.534. The zero-order valence-corrected chi connectivity index (χ0v) is 3.91. The molecule has 1 heterocycles. The van der Waals surface area contributed by atoms with E-state index in [0.29, 0.717) is 0 Å². The van der Waals surface area contributed by atoms with Crippen LogP contribution in [0, 0.1) is 6.92 Å². The minimum Gasteiger partial charge on any atom is -0.311 e. The smallest absolute Gasteiger partial charge is 0.0193 e. The maximum absolute atomic E-state index is 3.73. The van der Waals surface area contributed by atoms with Crippen molar-refractivity contribution in [2.45, 2.75) is 18.9 Å². The van der Waals surface area contributed by atoms with Crippen LogP contribution in [0.3, 0.4) is 0 Å². The Labute approximate surface area is 38.7 Å². The molecule has 1 heteroatoms. The van der Waals surface area contributed by atoms with Crippen molar-refractivity contribution >= 4 is 0 Å². The summed E-state index contributed by atoms with van der Waals surface area (Å²) in [4.78, 5) is 0. The highest BCUT2D eigenvalue weighted by molar-refractivity contribution is 4.82. The molecule has 1 unspecified atom stereocenters. The third-order valence-electron chi connectivity index (χ3n) is 1.05. The molecule has 0 aliphatic carbocycles. The lowest BCUT2D eigenvalue weighted by molar-refractivity contribution is 0.820. The topological polar surface area (TPSA) is 21.9 Å². The van der Waals surface area contributed by atoms with Gasteiger partial charge in [-0.3, -0.25) is 0 Å². The van der Waals surface area contributed by atoms with E-state index in [2.05, 4.69) is 12.2 Å². The maximum Gasteiger partial charge on any atom is 0.0193 e. The summed E-state index contributed by atoms with van der Waals surface area (Å²) < 4.78 is 0. The molecule has 1 nitrogen and oxygen atoms in total. The summed E-state index contributed by atoms with van der Waals surface area (Å²) in [7, 11) is 0. The van der Waals surface area contributed by atoms with E-state index in [-0.39, 0.29) is 0 Å². The fraction of sp³-hybridized carbons (Fsp3) is 0.800. The van der Waals surface area contributed by atoms with Gasteiger partial charge >= 0.3 is 0 Å². The molecule has 1 rings (SSSR count). The predicted molar refractivity (Wildman–Crippen MR) is 26.4 cm³/mol. The fourth-order valence-corrected chi connectivity index (χ4v) is 0.534. The van der Waals surface area contributed by atoms with Gasteiger partial charge in [0, 0.05) is 12.6 Å². The van der Waals surface area contributed by atoms with Gasteiger partial charge in [0.15, 0.2) is 0 Å². The van der Waals surface area contributed by atoms with Crippen molar-refractivity contribution in [1.82, 2.24) is 5.32 Å². The summed E-state index contributed by atoms with van der Waals surface area (Å²) >= 11 is 0. The largest absolute Gasteiger partial charge is 0.311 e. The molecular weight excluding hydrogens is 74.1 g/mol. The van der Waals surface area contributed by atoms with Gasteiger partial charge in [-0.25, -0.2) is 0 Å². The van der Waals surface area contributed by atoms with Gasteiger partial charge in [-0.15, -0.1) is 0 Å². The van der Waals surface area contributed by atoms with Gasteiger partial charge in [-0.05, 0) is 6.42 Å². The quantitative estimate of drug-likeness (QED) is 0.485. The second-order valence-electron chi connectivity index (χ2n) is 1.75. The highest BCUT2D eigenvalue weighted by Crippen LogP contribution is 2.03. The van der Waals surface area contributed by atoms with E-state index < -0.39 is 0 Å². The van der Waals surface area contributed by atoms with E-state index in [1.807, 2.05) is 0 Å². The zero-order valence-electron chi connectivity index (χ0n) is 3.91. The molecule has 0 bridgehead atoms. The van der Waals surface area contributed by atoms with Crippen LogP contribution in [0.4, 0.5) is 0 Å². The van der Waals surface area contributed by atoms with Gasteiger partial charge in [-0.1, -0.05) is 13.3 Å². The van der Waals surface area contributed by atoms with Gasteiger partial charge in [0.1, 0.15) is 0 Å². The average molecular weight is 84.1 g/mol. The normalized spacial score (nSPS) is 30.5. The summed E-state index contributed by atoms with van der Waals surface area (Å²) in [6.07, 6.45) is 2.34. The molecule has 6 heavy (non-hydrogen) atoms. The molecule has 0 aromatic heterocycles. The summed E-state index contributed by atoms with van der Waals surface area (Å²) in [5.74, 6) is 0. The summed E-state index contributed by atoms with van der Waals surface area (Å²) in [5.41, 5.74) is 0. The molecule has 0 aromatic rings. The van der Waals surface area contributed by atoms with Gasteiger partial charge in [-0.2, -0.15) is 0 Å². The second kappa shape index (κ2) is 1.61. The van der Waals surface area contributed by atoms with Crippen molar-refractivity contribution in [2.75, 3.05) is 6.54 Å². The first-order valence-electron chi connectivity index (χ1n) is 2.46. The molecule has 1 aliphatic rings. The van der Waals surface area contributed by atoms with Crippen LogP contribution in [0.15, 0.2) is 0 Å². The van der Waals surface area contributed by atoms with E-state index in [4.69, 9.17) is 0 Å². The van der Waals surface area contributed by atoms with Crippen LogP contribution >= 0.6 is 0 Å². The van der Waals surface area contributed by atoms with Crippen LogP contribution in [-0.4, -0.2) is 12.6 Å². The molecular formula is C5H10N. The summed E-state index contributed by atoms with van der Waals surface area (Å²) in [6.45, 7) is 4.96. The Balaban J connectivity index is 1.88. The lowest BCUT2D eigenvalue weighted by Gasteiger charge is -1.81. The number of hydrogen-bond acceptors (Lipinski definition) is 1. The van der Waals surface area contributed by atoms with E-state index in [9.17, 15) is 0 Å². The van der Waals surface area contributed by atoms with Crippen molar-refractivity contribution in [3.63, 3.8) is 0 Å². The molecule has 0 amide bonds. The molecule has 1 radical (unpaired) electrons. The van der Waals surface area contributed by atoms with E-state index >= 15 is 0 Å². The van der Waals surface area contributed by atoms with Gasteiger partial charge in [0.2, 0.25) is 0 Å². The number of nitrogens with one attached hydrogen (secondary N) is 1. The Morgan fingerprint density at radius 3 is 2.67 bits per heavy atom. The van der Waals surface area contributed by atoms with Crippen LogP contribution in [0.2, 0.25) is 0 Å². The molecule has 1 saturated heterocycles. The van der Waals surface area contributed by atoms with Crippen molar-refractivity contribution in [3.05, 3.63) is 6.92 Å². The van der Waals surface area contributed by atoms with Crippen molar-refractivity contribution in [1.29, 1.82) is 0 Å². The third-order valence-corrected chi connectivity index (χ3v) is 1.05. The molecule has 35 valence electrons. The van der Waals surface area contributed by atoms with Crippen molar-refractivity contribution in [2.24, 2.45) is 0 Å². The SMILES string of the molecule is [CH2]CCC1CN1. The number of hydrogen-bond donors (Lipinski definition) is 1. The van der Waals surface area contributed by atoms with Gasteiger partial charge < -0.3 is 5.32 Å². The minimum atomic E-state index is 0.836. The summed E-state index contributed by atoms with van der Waals surface area (Å²) in [5, 5.41) is 3.20. The third kappa shape index (κ3) is 0.977. The van der Waals surface area contributed by atoms with Crippen LogP contribution in [-0.2, 0) is 0 Å². The summed E-state index contributed by atoms with van der Waals surface area (Å²) in [6, 6.07) is 0.836. The predicted octanol–water partition coefficient (Wildman–Crippen LogP) is 0.572. The van der Waals surface area contributed by atoms with E-state index in [1.54, 1.807) is 0 Å². The number of rotatable bonds is 2. The first-order chi connectivity index (χ1) is 2.93. The van der Waals surface area contributed by atoms with E-state index in [1.165, 1.54) is 13.0 Å². The van der Waals surface area contributed by atoms with Gasteiger partial charge in [0.25, 0.3) is 0 Å². The van der Waals surface area contributed by atoms with E-state index in [0.717, 1.165) is 12.5 Å². The zero-order chi connectivity index (χ0) is 4.41. The molecule has 0 aromatic carbocycles. The Hall–Kier alpha value is -0.0400. The lowest BCUT2D eigenvalue weighted by atomic mass is 10.3. The second-order valence-corrected chi connectivity index (χ2v) is 1.75. The Morgan fingerprint density at radius 2 is 2.50 bits per heavy atom. The van der Waals surface area contributed by atoms with Crippen molar-refractivity contribution < 1.29 is 0 Å². The molecule has 1 fully saturated rings. The minimum absolute atomic E-state index is 0.836. The highest BCUT2D eigenvalue weighted by atomic mass is 15.1.